The highest BCUT2D eigenvalue weighted by Crippen LogP contribution is 2.34. The average Bonchev–Trinajstić information content (AvgIpc) is 3.36. The molecule has 5 aromatic rings. The Morgan fingerprint density at radius 1 is 0.860 bits per heavy atom. The molecule has 0 bridgehead atoms. The maximum atomic E-state index is 5.24. The van der Waals surface area contributed by atoms with Crippen LogP contribution in [0.3, 0.4) is 0 Å². The number of anilines is 2. The van der Waals surface area contributed by atoms with Crippen LogP contribution in [0.2, 0.25) is 0 Å². The molecule has 4 aromatic heterocycles. The van der Waals surface area contributed by atoms with Gasteiger partial charge in [-0.3, -0.25) is 9.55 Å². The van der Waals surface area contributed by atoms with Gasteiger partial charge in [-0.2, -0.15) is 4.98 Å². The number of nitrogens with zero attached hydrogens (tertiary/aromatic N) is 7. The second-order valence-electron chi connectivity index (χ2n) is 11.4. The third kappa shape index (κ3) is 6.01. The summed E-state index contributed by atoms with van der Waals surface area (Å²) in [5.41, 5.74) is 7.15. The summed E-state index contributed by atoms with van der Waals surface area (Å²) < 4.78 is 2.11. The lowest BCUT2D eigenvalue weighted by atomic mass is 10.0. The fourth-order valence-corrected chi connectivity index (χ4v) is 5.82. The average molecular weight is 573 g/mol. The van der Waals surface area contributed by atoms with Crippen LogP contribution in [0.5, 0.6) is 0 Å². The van der Waals surface area contributed by atoms with Gasteiger partial charge >= 0.3 is 0 Å². The van der Waals surface area contributed by atoms with Gasteiger partial charge in [0.05, 0.1) is 22.9 Å². The zero-order valence-electron chi connectivity index (χ0n) is 25.7. The van der Waals surface area contributed by atoms with Gasteiger partial charge in [-0.1, -0.05) is 31.2 Å². The third-order valence-corrected chi connectivity index (χ3v) is 8.33. The maximum Gasteiger partial charge on any atom is 0.236 e. The minimum atomic E-state index is -0.0113. The molecule has 1 N–H and O–H groups in total. The molecule has 220 valence electrons. The van der Waals surface area contributed by atoms with E-state index >= 15 is 0 Å². The Morgan fingerprint density at radius 2 is 1.60 bits per heavy atom. The van der Waals surface area contributed by atoms with Crippen LogP contribution in [0, 0.1) is 20.8 Å². The normalized spacial score (nSPS) is 15.0. The van der Waals surface area contributed by atoms with Crippen molar-refractivity contribution in [3.8, 4) is 5.95 Å². The van der Waals surface area contributed by atoms with E-state index in [1.54, 1.807) is 0 Å². The van der Waals surface area contributed by atoms with E-state index in [2.05, 4.69) is 108 Å². The number of fused-ring (bicyclic) bond motifs is 1. The summed E-state index contributed by atoms with van der Waals surface area (Å²) in [4.78, 5) is 24.7. The predicted molar refractivity (Wildman–Crippen MR) is 177 cm³/mol. The first-order valence-corrected chi connectivity index (χ1v) is 15.1. The Labute approximate surface area is 254 Å². The molecular formula is C35H40N8. The largest absolute Gasteiger partial charge is 0.362 e. The molecule has 1 aromatic carbocycles. The fraction of sp³-hybridized carbons (Fsp3) is 0.314. The number of pyridine rings is 2. The van der Waals surface area contributed by atoms with Crippen molar-refractivity contribution >= 4 is 34.7 Å². The Balaban J connectivity index is 1.46. The molecule has 1 aliphatic rings. The highest BCUT2D eigenvalue weighted by Gasteiger charge is 2.25. The molecule has 1 atom stereocenters. The number of piperazine rings is 1. The van der Waals surface area contributed by atoms with E-state index in [4.69, 9.17) is 15.0 Å². The van der Waals surface area contributed by atoms with Crippen LogP contribution in [0.4, 0.5) is 11.6 Å². The van der Waals surface area contributed by atoms with E-state index in [-0.39, 0.29) is 6.04 Å². The number of para-hydroxylation sites is 1. The van der Waals surface area contributed by atoms with Crippen molar-refractivity contribution < 1.29 is 0 Å². The first kappa shape index (κ1) is 28.6. The van der Waals surface area contributed by atoms with Gasteiger partial charge < -0.3 is 15.1 Å². The van der Waals surface area contributed by atoms with Gasteiger partial charge in [0.2, 0.25) is 5.95 Å². The van der Waals surface area contributed by atoms with Crippen molar-refractivity contribution in [1.29, 1.82) is 0 Å². The van der Waals surface area contributed by atoms with Crippen molar-refractivity contribution in [1.82, 2.24) is 29.4 Å². The molecule has 8 heteroatoms. The number of nitrogens with one attached hydrogen (secondary N) is 1. The van der Waals surface area contributed by atoms with Crippen LogP contribution < -0.4 is 10.2 Å². The molecule has 0 saturated carbocycles. The van der Waals surface area contributed by atoms with E-state index in [0.717, 1.165) is 83.5 Å². The number of hydrogen-bond acceptors (Lipinski definition) is 7. The summed E-state index contributed by atoms with van der Waals surface area (Å²) in [5, 5.41) is 5.01. The van der Waals surface area contributed by atoms with Crippen LogP contribution >= 0.6 is 0 Å². The zero-order chi connectivity index (χ0) is 29.9. The first-order chi connectivity index (χ1) is 20.9. The molecule has 0 spiro atoms. The Hall–Kier alpha value is -4.56. The van der Waals surface area contributed by atoms with Gasteiger partial charge in [-0.05, 0) is 82.8 Å². The molecule has 0 aliphatic carbocycles. The highest BCUT2D eigenvalue weighted by atomic mass is 15.3. The summed E-state index contributed by atoms with van der Waals surface area (Å²) >= 11 is 0. The molecule has 8 nitrogen and oxygen atoms in total. The maximum absolute atomic E-state index is 5.24. The first-order valence-electron chi connectivity index (χ1n) is 15.1. The van der Waals surface area contributed by atoms with Crippen molar-refractivity contribution in [2.45, 2.75) is 40.2 Å². The number of rotatable bonds is 8. The number of hydrogen-bond donors (Lipinski definition) is 1. The monoisotopic (exact) mass is 572 g/mol. The fourth-order valence-electron chi connectivity index (χ4n) is 5.82. The quantitative estimate of drug-likeness (QED) is 0.224. The standard InChI is InChI=1S/C35H40N8/c1-6-31(30-23-27-11-7-8-13-32(27)39-34(30)42-21-19-41(5)20-22-42)38-33-29(17-16-28-12-9-10-18-36-28)26(4)37-35(40-33)43-24(2)14-15-25(43)3/h7-18,23,31H,6,19-22H2,1-5H3,(H,37,38,40)/b17-16+. The molecule has 43 heavy (non-hydrogen) atoms. The number of benzene rings is 1. The molecule has 5 heterocycles. The van der Waals surface area contributed by atoms with Gasteiger partial charge in [0.25, 0.3) is 0 Å². The highest BCUT2D eigenvalue weighted by molar-refractivity contribution is 5.83. The molecule has 1 aliphatic heterocycles. The lowest BCUT2D eigenvalue weighted by Gasteiger charge is -2.35. The lowest BCUT2D eigenvalue weighted by Crippen LogP contribution is -2.45. The molecule has 0 amide bonds. The molecule has 1 saturated heterocycles. The smallest absolute Gasteiger partial charge is 0.236 e. The van der Waals surface area contributed by atoms with Crippen LogP contribution in [0.1, 0.15) is 53.3 Å². The lowest BCUT2D eigenvalue weighted by molar-refractivity contribution is 0.311. The number of aryl methyl sites for hydroxylation is 3. The van der Waals surface area contributed by atoms with Gasteiger partial charge in [-0.15, -0.1) is 0 Å². The molecule has 6 rings (SSSR count). The Bertz CT molecular complexity index is 1730. The summed E-state index contributed by atoms with van der Waals surface area (Å²) in [6.45, 7) is 12.4. The van der Waals surface area contributed by atoms with E-state index in [1.165, 1.54) is 5.56 Å². The van der Waals surface area contributed by atoms with E-state index in [9.17, 15) is 0 Å². The SMILES string of the molecule is CCC(Nc1nc(-n2c(C)ccc2C)nc(C)c1/C=C/c1ccccn1)c1cc2ccccc2nc1N1CCN(C)CC1. The predicted octanol–water partition coefficient (Wildman–Crippen LogP) is 6.62. The number of likely N-dealkylation sites (N-methyl/N-ethyl adjacent to an activating group) is 1. The van der Waals surface area contributed by atoms with Crippen molar-refractivity contribution in [2.24, 2.45) is 0 Å². The minimum Gasteiger partial charge on any atom is -0.362 e. The summed E-state index contributed by atoms with van der Waals surface area (Å²) in [5.74, 6) is 2.52. The van der Waals surface area contributed by atoms with Crippen LogP contribution in [0.25, 0.3) is 29.0 Å². The Kier molecular flexibility index (Phi) is 8.20. The van der Waals surface area contributed by atoms with E-state index in [1.807, 2.05) is 30.5 Å². The van der Waals surface area contributed by atoms with E-state index in [0.29, 0.717) is 5.95 Å². The third-order valence-electron chi connectivity index (χ3n) is 8.33. The second-order valence-corrected chi connectivity index (χ2v) is 11.4. The van der Waals surface area contributed by atoms with Crippen LogP contribution in [-0.4, -0.2) is 62.6 Å². The minimum absolute atomic E-state index is 0.0113. The summed E-state index contributed by atoms with van der Waals surface area (Å²) in [7, 11) is 2.19. The van der Waals surface area contributed by atoms with Crippen LogP contribution in [-0.2, 0) is 0 Å². The zero-order valence-corrected chi connectivity index (χ0v) is 25.7. The van der Waals surface area contributed by atoms with Crippen molar-refractivity contribution in [3.05, 3.63) is 101 Å². The second kappa shape index (κ2) is 12.4. The Morgan fingerprint density at radius 3 is 2.33 bits per heavy atom. The molecule has 0 radical (unpaired) electrons. The van der Waals surface area contributed by atoms with Crippen LogP contribution in [0.15, 0.2) is 66.9 Å². The topological polar surface area (TPSA) is 75.0 Å². The van der Waals surface area contributed by atoms with E-state index < -0.39 is 0 Å². The van der Waals surface area contributed by atoms with Gasteiger partial charge in [0.15, 0.2) is 0 Å². The molecular weight excluding hydrogens is 532 g/mol. The van der Waals surface area contributed by atoms with Gasteiger partial charge in [0.1, 0.15) is 11.6 Å². The van der Waals surface area contributed by atoms with Crippen molar-refractivity contribution in [2.75, 3.05) is 43.4 Å². The number of aromatic nitrogens is 5. The van der Waals surface area contributed by atoms with Gasteiger partial charge in [-0.25, -0.2) is 9.97 Å². The van der Waals surface area contributed by atoms with Gasteiger partial charge in [0, 0.05) is 60.3 Å². The summed E-state index contributed by atoms with van der Waals surface area (Å²) in [6, 6.07) is 20.8. The molecule has 1 fully saturated rings. The van der Waals surface area contributed by atoms with Crippen molar-refractivity contribution in [3.63, 3.8) is 0 Å². The molecule has 1 unspecified atom stereocenters. The summed E-state index contributed by atoms with van der Waals surface area (Å²) in [6.07, 6.45) is 6.77.